The van der Waals surface area contributed by atoms with Crippen LogP contribution in [0.15, 0.2) is 18.2 Å². The van der Waals surface area contributed by atoms with Gasteiger partial charge in [0.1, 0.15) is 4.99 Å². The average molecular weight is 306 g/mol. The quantitative estimate of drug-likeness (QED) is 0.793. The van der Waals surface area contributed by atoms with Crippen LogP contribution in [0.4, 0.5) is 18.9 Å². The molecule has 1 unspecified atom stereocenters. The van der Waals surface area contributed by atoms with E-state index in [2.05, 4.69) is 5.32 Å². The molecule has 112 valence electrons. The minimum absolute atomic E-state index is 0.0276. The monoisotopic (exact) mass is 306 g/mol. The summed E-state index contributed by atoms with van der Waals surface area (Å²) in [6.07, 6.45) is -3.70. The number of nitrogens with two attached hydrogens (primary N) is 1. The van der Waals surface area contributed by atoms with Crippen LogP contribution in [0.2, 0.25) is 0 Å². The summed E-state index contributed by atoms with van der Waals surface area (Å²) in [6, 6.07) is 3.35. The van der Waals surface area contributed by atoms with E-state index in [9.17, 15) is 13.2 Å². The smallest absolute Gasteiger partial charge is 0.389 e. The van der Waals surface area contributed by atoms with Gasteiger partial charge in [0.15, 0.2) is 0 Å². The summed E-state index contributed by atoms with van der Waals surface area (Å²) >= 11 is 4.82. The number of hydrogen-bond acceptors (Lipinski definition) is 3. The lowest BCUT2D eigenvalue weighted by molar-refractivity contribution is -0.137. The van der Waals surface area contributed by atoms with Crippen LogP contribution in [0, 0.1) is 0 Å². The minimum Gasteiger partial charge on any atom is -0.389 e. The van der Waals surface area contributed by atoms with E-state index in [-0.39, 0.29) is 16.6 Å². The Kier molecular flexibility index (Phi) is 5.76. The largest absolute Gasteiger partial charge is 0.416 e. The van der Waals surface area contributed by atoms with Gasteiger partial charge in [0, 0.05) is 31.0 Å². The van der Waals surface area contributed by atoms with Gasteiger partial charge in [-0.1, -0.05) is 12.2 Å². The Hall–Kier alpha value is -1.34. The molecule has 0 fully saturated rings. The van der Waals surface area contributed by atoms with Crippen molar-refractivity contribution in [1.29, 1.82) is 0 Å². The van der Waals surface area contributed by atoms with Gasteiger partial charge in [-0.25, -0.2) is 0 Å². The molecule has 1 rings (SSSR count). The molecule has 1 aromatic carbocycles. The molecule has 0 bridgehead atoms. The van der Waals surface area contributed by atoms with Gasteiger partial charge >= 0.3 is 6.18 Å². The van der Waals surface area contributed by atoms with Gasteiger partial charge in [0.2, 0.25) is 0 Å². The van der Waals surface area contributed by atoms with Gasteiger partial charge in [-0.05, 0) is 31.5 Å². The Morgan fingerprint density at radius 2 is 2.10 bits per heavy atom. The van der Waals surface area contributed by atoms with E-state index >= 15 is 0 Å². The van der Waals surface area contributed by atoms with Gasteiger partial charge in [-0.3, -0.25) is 0 Å². The van der Waals surface area contributed by atoms with Crippen molar-refractivity contribution in [3.63, 3.8) is 0 Å². The molecule has 1 atom stereocenters. The zero-order valence-corrected chi connectivity index (χ0v) is 12.1. The van der Waals surface area contributed by atoms with Crippen LogP contribution in [0.1, 0.15) is 24.5 Å². The third-order valence-electron chi connectivity index (χ3n) is 2.77. The van der Waals surface area contributed by atoms with Crippen LogP contribution in [-0.2, 0) is 10.9 Å². The van der Waals surface area contributed by atoms with Crippen LogP contribution >= 0.6 is 12.2 Å². The number of thiocarbonyl (C=S) groups is 1. The highest BCUT2D eigenvalue weighted by molar-refractivity contribution is 7.80. The molecule has 1 aromatic rings. The SMILES string of the molecule is COCCC(C)Nc1ccc(C(F)(F)F)cc1C(N)=S. The van der Waals surface area contributed by atoms with Gasteiger partial charge in [0.05, 0.1) is 5.56 Å². The first-order chi connectivity index (χ1) is 9.25. The number of ether oxygens (including phenoxy) is 1. The molecule has 0 aromatic heterocycles. The fourth-order valence-electron chi connectivity index (χ4n) is 1.68. The molecule has 3 N–H and O–H groups in total. The third kappa shape index (κ3) is 4.64. The highest BCUT2D eigenvalue weighted by Crippen LogP contribution is 2.32. The average Bonchev–Trinajstić information content (AvgIpc) is 2.35. The first-order valence-electron chi connectivity index (χ1n) is 6.02. The zero-order chi connectivity index (χ0) is 15.3. The molecule has 0 amide bonds. The van der Waals surface area contributed by atoms with Crippen molar-refractivity contribution in [3.05, 3.63) is 29.3 Å². The topological polar surface area (TPSA) is 47.3 Å². The van der Waals surface area contributed by atoms with Gasteiger partial charge in [-0.15, -0.1) is 0 Å². The maximum atomic E-state index is 12.7. The second kappa shape index (κ2) is 6.90. The second-order valence-electron chi connectivity index (χ2n) is 4.45. The molecule has 0 saturated heterocycles. The normalized spacial score (nSPS) is 13.1. The zero-order valence-electron chi connectivity index (χ0n) is 11.3. The lowest BCUT2D eigenvalue weighted by Crippen LogP contribution is -2.21. The van der Waals surface area contributed by atoms with Crippen molar-refractivity contribution in [3.8, 4) is 0 Å². The molecule has 3 nitrogen and oxygen atoms in total. The fraction of sp³-hybridized carbons (Fsp3) is 0.462. The number of methoxy groups -OCH3 is 1. The first kappa shape index (κ1) is 16.7. The molecule has 20 heavy (non-hydrogen) atoms. The van der Waals surface area contributed by atoms with Gasteiger partial charge in [0.25, 0.3) is 0 Å². The van der Waals surface area contributed by atoms with E-state index in [1.165, 1.54) is 6.07 Å². The first-order valence-corrected chi connectivity index (χ1v) is 6.43. The molecule has 0 spiro atoms. The molecule has 0 saturated carbocycles. The van der Waals surface area contributed by atoms with Crippen molar-refractivity contribution in [2.75, 3.05) is 19.0 Å². The summed E-state index contributed by atoms with van der Waals surface area (Å²) < 4.78 is 43.0. The Labute approximate surface area is 121 Å². The Balaban J connectivity index is 2.99. The standard InChI is InChI=1S/C13H17F3N2OS/c1-8(5-6-19-2)18-11-4-3-9(13(14,15)16)7-10(11)12(17)20/h3-4,7-8,18H,5-6H2,1-2H3,(H2,17,20). The number of benzene rings is 1. The number of rotatable bonds is 6. The molecule has 0 aliphatic rings. The fourth-order valence-corrected chi connectivity index (χ4v) is 1.85. The predicted octanol–water partition coefficient (Wildman–Crippen LogP) is 3.18. The summed E-state index contributed by atoms with van der Waals surface area (Å²) in [7, 11) is 1.59. The number of alkyl halides is 3. The third-order valence-corrected chi connectivity index (χ3v) is 2.99. The molecule has 0 radical (unpaired) electrons. The molecule has 0 aliphatic heterocycles. The van der Waals surface area contributed by atoms with E-state index < -0.39 is 11.7 Å². The molecule has 0 aliphatic carbocycles. The number of anilines is 1. The molecular weight excluding hydrogens is 289 g/mol. The number of hydrogen-bond donors (Lipinski definition) is 2. The summed E-state index contributed by atoms with van der Waals surface area (Å²) in [5.41, 5.74) is 5.42. The van der Waals surface area contributed by atoms with Gasteiger partial charge < -0.3 is 15.8 Å². The van der Waals surface area contributed by atoms with E-state index in [4.69, 9.17) is 22.7 Å². The predicted molar refractivity (Wildman–Crippen MR) is 76.9 cm³/mol. The van der Waals surface area contributed by atoms with E-state index in [1.54, 1.807) is 7.11 Å². The van der Waals surface area contributed by atoms with Crippen LogP contribution in [0.25, 0.3) is 0 Å². The lowest BCUT2D eigenvalue weighted by atomic mass is 10.1. The maximum Gasteiger partial charge on any atom is 0.416 e. The van der Waals surface area contributed by atoms with E-state index in [0.29, 0.717) is 18.7 Å². The summed E-state index contributed by atoms with van der Waals surface area (Å²) in [4.78, 5) is -0.0717. The molecular formula is C13H17F3N2OS. The summed E-state index contributed by atoms with van der Waals surface area (Å²) in [6.45, 7) is 2.46. The second-order valence-corrected chi connectivity index (χ2v) is 4.89. The van der Waals surface area contributed by atoms with E-state index in [0.717, 1.165) is 12.1 Å². The number of nitrogens with one attached hydrogen (secondary N) is 1. The number of halogens is 3. The Morgan fingerprint density at radius 3 is 2.60 bits per heavy atom. The molecule has 7 heteroatoms. The van der Waals surface area contributed by atoms with E-state index in [1.807, 2.05) is 6.92 Å². The summed E-state index contributed by atoms with van der Waals surface area (Å²) in [5, 5.41) is 3.09. The highest BCUT2D eigenvalue weighted by atomic mass is 32.1. The van der Waals surface area contributed by atoms with Crippen LogP contribution in [0.3, 0.4) is 0 Å². The van der Waals surface area contributed by atoms with Gasteiger partial charge in [-0.2, -0.15) is 13.2 Å². The summed E-state index contributed by atoms with van der Waals surface area (Å²) in [5.74, 6) is 0. The lowest BCUT2D eigenvalue weighted by Gasteiger charge is -2.19. The van der Waals surface area contributed by atoms with Crippen molar-refractivity contribution < 1.29 is 17.9 Å². The maximum absolute atomic E-state index is 12.7. The van der Waals surface area contributed by atoms with Crippen molar-refractivity contribution >= 4 is 22.9 Å². The Morgan fingerprint density at radius 1 is 1.45 bits per heavy atom. The van der Waals surface area contributed by atoms with Crippen LogP contribution < -0.4 is 11.1 Å². The van der Waals surface area contributed by atoms with Crippen molar-refractivity contribution in [2.24, 2.45) is 5.73 Å². The van der Waals surface area contributed by atoms with Crippen LogP contribution in [0.5, 0.6) is 0 Å². The van der Waals surface area contributed by atoms with Crippen LogP contribution in [-0.4, -0.2) is 24.7 Å². The minimum atomic E-state index is -4.42. The highest BCUT2D eigenvalue weighted by Gasteiger charge is 2.31. The van der Waals surface area contributed by atoms with Crippen molar-refractivity contribution in [1.82, 2.24) is 0 Å². The van der Waals surface area contributed by atoms with Crippen molar-refractivity contribution in [2.45, 2.75) is 25.6 Å². The Bertz CT molecular complexity index is 477. The molecule has 0 heterocycles.